The molecule has 3 N–H and O–H groups in total. The number of benzene rings is 1. The van der Waals surface area contributed by atoms with Gasteiger partial charge in [-0.2, -0.15) is 0 Å². The molecule has 18 heavy (non-hydrogen) atoms. The number of aromatic nitrogens is 1. The van der Waals surface area contributed by atoms with Gasteiger partial charge in [-0.05, 0) is 42.1 Å². The number of pyridine rings is 1. The van der Waals surface area contributed by atoms with E-state index in [1.165, 1.54) is 11.1 Å². The molecule has 1 atom stereocenters. The predicted octanol–water partition coefficient (Wildman–Crippen LogP) is 2.09. The van der Waals surface area contributed by atoms with Gasteiger partial charge in [0.05, 0.1) is 0 Å². The zero-order valence-electron chi connectivity index (χ0n) is 10.3. The highest BCUT2D eigenvalue weighted by Gasteiger charge is 2.20. The minimum Gasteiger partial charge on any atom is -0.383 e. The van der Waals surface area contributed by atoms with Crippen LogP contribution in [-0.2, 0) is 12.8 Å². The lowest BCUT2D eigenvalue weighted by Crippen LogP contribution is -2.31. The summed E-state index contributed by atoms with van der Waals surface area (Å²) in [7, 11) is 0. The smallest absolute Gasteiger partial charge is 0.126 e. The van der Waals surface area contributed by atoms with Crippen LogP contribution in [0.3, 0.4) is 0 Å². The van der Waals surface area contributed by atoms with Crippen LogP contribution in [0.1, 0.15) is 22.7 Å². The third-order valence-electron chi connectivity index (χ3n) is 3.57. The molecule has 92 valence electrons. The lowest BCUT2D eigenvalue weighted by atomic mass is 9.90. The van der Waals surface area contributed by atoms with Crippen molar-refractivity contribution in [3.63, 3.8) is 0 Å². The summed E-state index contributed by atoms with van der Waals surface area (Å²) in [6, 6.07) is 13.0. The Morgan fingerprint density at radius 3 is 3.00 bits per heavy atom. The van der Waals surface area contributed by atoms with Gasteiger partial charge in [-0.15, -0.1) is 0 Å². The molecule has 2 heterocycles. The Kier molecular flexibility index (Phi) is 2.99. The molecule has 1 aromatic carbocycles. The summed E-state index contributed by atoms with van der Waals surface area (Å²) in [5.41, 5.74) is 9.88. The topological polar surface area (TPSA) is 50.9 Å². The van der Waals surface area contributed by atoms with Crippen molar-refractivity contribution in [2.45, 2.75) is 18.9 Å². The Morgan fingerprint density at radius 1 is 1.22 bits per heavy atom. The Bertz CT molecular complexity index is 551. The fourth-order valence-corrected chi connectivity index (χ4v) is 2.62. The summed E-state index contributed by atoms with van der Waals surface area (Å²) in [5, 5.41) is 3.57. The maximum atomic E-state index is 5.92. The number of rotatable bonds is 2. The van der Waals surface area contributed by atoms with Gasteiger partial charge in [0.25, 0.3) is 0 Å². The second-order valence-electron chi connectivity index (χ2n) is 4.71. The van der Waals surface area contributed by atoms with Crippen molar-refractivity contribution < 1.29 is 0 Å². The Labute approximate surface area is 107 Å². The lowest BCUT2D eigenvalue weighted by molar-refractivity contribution is 0.502. The van der Waals surface area contributed by atoms with Crippen molar-refractivity contribution in [2.24, 2.45) is 0 Å². The molecule has 0 fully saturated rings. The lowest BCUT2D eigenvalue weighted by Gasteiger charge is -2.27. The molecule has 0 amide bonds. The van der Waals surface area contributed by atoms with E-state index in [-0.39, 0.29) is 0 Å². The molecule has 0 spiro atoms. The Balaban J connectivity index is 1.89. The van der Waals surface area contributed by atoms with Crippen molar-refractivity contribution in [3.05, 3.63) is 59.3 Å². The molecule has 1 aromatic heterocycles. The first-order valence-electron chi connectivity index (χ1n) is 6.35. The zero-order chi connectivity index (χ0) is 12.4. The fraction of sp³-hybridized carbons (Fsp3) is 0.267. The molecule has 0 saturated carbocycles. The molecular formula is C15H17N3. The van der Waals surface area contributed by atoms with Crippen LogP contribution in [0.15, 0.2) is 42.6 Å². The van der Waals surface area contributed by atoms with Crippen LogP contribution < -0.4 is 11.1 Å². The van der Waals surface area contributed by atoms with Gasteiger partial charge in [-0.1, -0.05) is 30.3 Å². The number of hydrogen-bond acceptors (Lipinski definition) is 3. The second-order valence-corrected chi connectivity index (χ2v) is 4.71. The number of nitrogens with two attached hydrogens (primary N) is 1. The van der Waals surface area contributed by atoms with E-state index in [4.69, 9.17) is 5.73 Å². The Hall–Kier alpha value is -1.87. The molecule has 0 aliphatic carbocycles. The molecule has 3 nitrogen and oxygen atoms in total. The van der Waals surface area contributed by atoms with Gasteiger partial charge in [-0.3, -0.25) is 0 Å². The third-order valence-corrected chi connectivity index (χ3v) is 3.57. The van der Waals surface area contributed by atoms with Gasteiger partial charge in [0.15, 0.2) is 0 Å². The van der Waals surface area contributed by atoms with Crippen molar-refractivity contribution in [3.8, 4) is 0 Å². The maximum absolute atomic E-state index is 5.92. The average Bonchev–Trinajstić information content (AvgIpc) is 2.42. The van der Waals surface area contributed by atoms with E-state index >= 15 is 0 Å². The molecule has 1 aliphatic heterocycles. The van der Waals surface area contributed by atoms with E-state index in [1.807, 2.05) is 6.07 Å². The van der Waals surface area contributed by atoms with Crippen molar-refractivity contribution in [2.75, 3.05) is 12.3 Å². The summed E-state index contributed by atoms with van der Waals surface area (Å²) in [6.45, 7) is 1.03. The number of fused-ring (bicyclic) bond motifs is 1. The Morgan fingerprint density at radius 2 is 2.11 bits per heavy atom. The normalized spacial score (nSPS) is 18.3. The van der Waals surface area contributed by atoms with Crippen molar-refractivity contribution in [1.29, 1.82) is 0 Å². The monoisotopic (exact) mass is 239 g/mol. The molecule has 3 heteroatoms. The molecule has 1 unspecified atom stereocenters. The van der Waals surface area contributed by atoms with E-state index in [1.54, 1.807) is 6.20 Å². The van der Waals surface area contributed by atoms with Gasteiger partial charge < -0.3 is 11.1 Å². The number of anilines is 1. The minimum atomic E-state index is 0.349. The molecule has 2 aromatic rings. The summed E-state index contributed by atoms with van der Waals surface area (Å²) in [4.78, 5) is 4.15. The van der Waals surface area contributed by atoms with E-state index in [0.717, 1.165) is 24.9 Å². The number of nitrogens with one attached hydrogen (secondary N) is 1. The van der Waals surface area contributed by atoms with Crippen LogP contribution in [0.25, 0.3) is 0 Å². The van der Waals surface area contributed by atoms with Gasteiger partial charge >= 0.3 is 0 Å². The van der Waals surface area contributed by atoms with Crippen LogP contribution in [-0.4, -0.2) is 11.5 Å². The highest BCUT2D eigenvalue weighted by atomic mass is 14.9. The van der Waals surface area contributed by atoms with Crippen molar-refractivity contribution in [1.82, 2.24) is 10.3 Å². The second kappa shape index (κ2) is 4.78. The molecule has 0 bridgehead atoms. The third kappa shape index (κ3) is 2.09. The van der Waals surface area contributed by atoms with Crippen LogP contribution in [0.4, 0.5) is 5.82 Å². The van der Waals surface area contributed by atoms with Gasteiger partial charge in [-0.25, -0.2) is 4.98 Å². The van der Waals surface area contributed by atoms with Gasteiger partial charge in [0, 0.05) is 12.2 Å². The molecule has 3 rings (SSSR count). The summed E-state index contributed by atoms with van der Waals surface area (Å²) in [5.74, 6) is 0.641. The highest BCUT2D eigenvalue weighted by Crippen LogP contribution is 2.26. The fourth-order valence-electron chi connectivity index (χ4n) is 2.62. The van der Waals surface area contributed by atoms with Crippen LogP contribution in [0.2, 0.25) is 0 Å². The van der Waals surface area contributed by atoms with Gasteiger partial charge in [0.2, 0.25) is 0 Å². The standard InChI is InChI=1S/C15H17N3/c16-15-12(5-3-8-18-15)10-14-13-6-2-1-4-11(13)7-9-17-14/h1-6,8,14,17H,7,9-10H2,(H2,16,18). The van der Waals surface area contributed by atoms with Crippen LogP contribution in [0, 0.1) is 0 Å². The summed E-state index contributed by atoms with van der Waals surface area (Å²) < 4.78 is 0. The molecule has 1 aliphatic rings. The first-order chi connectivity index (χ1) is 8.84. The minimum absolute atomic E-state index is 0.349. The number of hydrogen-bond donors (Lipinski definition) is 2. The van der Waals surface area contributed by atoms with Crippen LogP contribution >= 0.6 is 0 Å². The van der Waals surface area contributed by atoms with E-state index < -0.39 is 0 Å². The predicted molar refractivity (Wildman–Crippen MR) is 73.2 cm³/mol. The molecule has 0 saturated heterocycles. The van der Waals surface area contributed by atoms with E-state index in [9.17, 15) is 0 Å². The number of nitrogen functional groups attached to an aromatic ring is 1. The quantitative estimate of drug-likeness (QED) is 0.843. The van der Waals surface area contributed by atoms with Crippen molar-refractivity contribution >= 4 is 5.82 Å². The SMILES string of the molecule is Nc1ncccc1CC1NCCc2ccccc21. The molecule has 0 radical (unpaired) electrons. The van der Waals surface area contributed by atoms with Crippen LogP contribution in [0.5, 0.6) is 0 Å². The van der Waals surface area contributed by atoms with E-state index in [2.05, 4.69) is 40.6 Å². The largest absolute Gasteiger partial charge is 0.383 e. The van der Waals surface area contributed by atoms with Gasteiger partial charge in [0.1, 0.15) is 5.82 Å². The van der Waals surface area contributed by atoms with E-state index in [0.29, 0.717) is 11.9 Å². The number of nitrogens with zero attached hydrogens (tertiary/aromatic N) is 1. The first kappa shape index (κ1) is 11.2. The first-order valence-corrected chi connectivity index (χ1v) is 6.35. The maximum Gasteiger partial charge on any atom is 0.126 e. The highest BCUT2D eigenvalue weighted by molar-refractivity contribution is 5.41. The average molecular weight is 239 g/mol. The molecular weight excluding hydrogens is 222 g/mol. The summed E-state index contributed by atoms with van der Waals surface area (Å²) in [6.07, 6.45) is 3.74. The summed E-state index contributed by atoms with van der Waals surface area (Å²) >= 11 is 0. The zero-order valence-corrected chi connectivity index (χ0v) is 10.3.